The molecule has 4 rings (SSSR count). The van der Waals surface area contributed by atoms with Crippen LogP contribution in [-0.2, 0) is 6.42 Å². The van der Waals surface area contributed by atoms with Crippen molar-refractivity contribution in [3.63, 3.8) is 0 Å². The number of likely N-dealkylation sites (N-methyl/N-ethyl adjacent to an activating group) is 1. The van der Waals surface area contributed by atoms with E-state index in [0.29, 0.717) is 23.6 Å². The van der Waals surface area contributed by atoms with E-state index in [1.54, 1.807) is 43.6 Å². The highest BCUT2D eigenvalue weighted by atomic mass is 35.5. The zero-order valence-electron chi connectivity index (χ0n) is 17.2. The molecule has 10 heteroatoms. The van der Waals surface area contributed by atoms with Crippen molar-refractivity contribution in [2.75, 3.05) is 18.9 Å². The van der Waals surface area contributed by atoms with Gasteiger partial charge in [-0.05, 0) is 29.8 Å². The van der Waals surface area contributed by atoms with Crippen LogP contribution < -0.4 is 5.32 Å². The van der Waals surface area contributed by atoms with Crippen LogP contribution in [0, 0.1) is 0 Å². The van der Waals surface area contributed by atoms with E-state index in [9.17, 15) is 18.0 Å². The number of alkyl halides is 3. The summed E-state index contributed by atoms with van der Waals surface area (Å²) in [6.45, 7) is 0.363. The fourth-order valence-corrected chi connectivity index (χ4v) is 3.84. The van der Waals surface area contributed by atoms with E-state index in [1.165, 1.54) is 11.0 Å². The molecule has 3 heterocycles. The number of anilines is 1. The third-order valence-corrected chi connectivity index (χ3v) is 5.71. The van der Waals surface area contributed by atoms with Gasteiger partial charge in [-0.1, -0.05) is 29.8 Å². The molecule has 3 aromatic rings. The van der Waals surface area contributed by atoms with Crippen molar-refractivity contribution in [2.45, 2.75) is 31.1 Å². The van der Waals surface area contributed by atoms with E-state index in [1.807, 2.05) is 12.1 Å². The SMILES string of the molecule is CN(CCc1ccccn1)C(=O)c1cc2n(n1)[C@H](C(F)(F)F)C[C@H](c1ccc(Cl)cc1)N2. The van der Waals surface area contributed by atoms with E-state index in [0.717, 1.165) is 10.4 Å². The van der Waals surface area contributed by atoms with E-state index in [4.69, 9.17) is 11.6 Å². The molecule has 1 aliphatic heterocycles. The Balaban J connectivity index is 1.55. The van der Waals surface area contributed by atoms with Crippen LogP contribution in [0.2, 0.25) is 5.02 Å². The number of pyridine rings is 1. The maximum absolute atomic E-state index is 13.8. The van der Waals surface area contributed by atoms with E-state index >= 15 is 0 Å². The van der Waals surface area contributed by atoms with Gasteiger partial charge in [-0.15, -0.1) is 0 Å². The Bertz CT molecular complexity index is 1090. The molecule has 0 fully saturated rings. The van der Waals surface area contributed by atoms with Crippen LogP contribution in [-0.4, -0.2) is 45.3 Å². The first-order chi connectivity index (χ1) is 15.2. The maximum Gasteiger partial charge on any atom is 0.410 e. The molecule has 1 amide bonds. The Morgan fingerprint density at radius 1 is 1.25 bits per heavy atom. The van der Waals surface area contributed by atoms with E-state index in [2.05, 4.69) is 15.4 Å². The van der Waals surface area contributed by atoms with Gasteiger partial charge in [0, 0.05) is 49.4 Å². The summed E-state index contributed by atoms with van der Waals surface area (Å²) in [6.07, 6.45) is -2.57. The van der Waals surface area contributed by atoms with Crippen molar-refractivity contribution >= 4 is 23.3 Å². The summed E-state index contributed by atoms with van der Waals surface area (Å²) < 4.78 is 42.4. The highest BCUT2D eigenvalue weighted by molar-refractivity contribution is 6.30. The van der Waals surface area contributed by atoms with Gasteiger partial charge in [-0.2, -0.15) is 18.3 Å². The molecule has 2 atom stereocenters. The maximum atomic E-state index is 13.8. The van der Waals surface area contributed by atoms with Gasteiger partial charge in [0.05, 0.1) is 6.04 Å². The largest absolute Gasteiger partial charge is 0.410 e. The van der Waals surface area contributed by atoms with Crippen LogP contribution in [0.15, 0.2) is 54.7 Å². The lowest BCUT2D eigenvalue weighted by Crippen LogP contribution is -2.36. The summed E-state index contributed by atoms with van der Waals surface area (Å²) in [5.41, 5.74) is 1.46. The van der Waals surface area contributed by atoms with Crippen LogP contribution in [0.5, 0.6) is 0 Å². The standard InChI is InChI=1S/C22H21ClF3N5O/c1-30(11-9-16-4-2-3-10-27-16)21(32)18-13-20-28-17(14-5-7-15(23)8-6-14)12-19(22(24,25)26)31(20)29-18/h2-8,10,13,17,19,28H,9,11-12H2,1H3/t17-,19+/m1/s1. The van der Waals surface area contributed by atoms with Gasteiger partial charge in [0.2, 0.25) is 0 Å². The zero-order valence-corrected chi connectivity index (χ0v) is 17.9. The predicted octanol–water partition coefficient (Wildman–Crippen LogP) is 4.91. The van der Waals surface area contributed by atoms with Crippen molar-refractivity contribution in [1.82, 2.24) is 19.7 Å². The molecule has 1 N–H and O–H groups in total. The number of carbonyl (C=O) groups excluding carboxylic acids is 1. The zero-order chi connectivity index (χ0) is 22.9. The molecule has 0 bridgehead atoms. The fraction of sp³-hybridized carbons (Fsp3) is 0.318. The molecule has 0 spiro atoms. The van der Waals surface area contributed by atoms with Crippen molar-refractivity contribution < 1.29 is 18.0 Å². The molecule has 0 radical (unpaired) electrons. The van der Waals surface area contributed by atoms with Crippen LogP contribution in [0.4, 0.5) is 19.0 Å². The van der Waals surface area contributed by atoms with E-state index < -0.39 is 24.2 Å². The van der Waals surface area contributed by atoms with Gasteiger partial charge in [0.1, 0.15) is 5.82 Å². The molecule has 1 aliphatic rings. The van der Waals surface area contributed by atoms with Crippen molar-refractivity contribution in [3.8, 4) is 0 Å². The quantitative estimate of drug-likeness (QED) is 0.584. The van der Waals surface area contributed by atoms with Crippen molar-refractivity contribution in [2.24, 2.45) is 0 Å². The Morgan fingerprint density at radius 2 is 2.00 bits per heavy atom. The highest BCUT2D eigenvalue weighted by Crippen LogP contribution is 2.43. The summed E-state index contributed by atoms with van der Waals surface area (Å²) in [5, 5.41) is 7.61. The number of halogens is 4. The number of benzene rings is 1. The fourth-order valence-electron chi connectivity index (χ4n) is 3.72. The molecule has 0 unspecified atom stereocenters. The minimum atomic E-state index is -4.52. The first-order valence-corrected chi connectivity index (χ1v) is 10.4. The smallest absolute Gasteiger partial charge is 0.363 e. The lowest BCUT2D eigenvalue weighted by atomic mass is 9.97. The average Bonchev–Trinajstić information content (AvgIpc) is 3.21. The summed E-state index contributed by atoms with van der Waals surface area (Å²) in [4.78, 5) is 18.5. The summed E-state index contributed by atoms with van der Waals surface area (Å²) in [6, 6.07) is 11.1. The molecule has 0 saturated carbocycles. The van der Waals surface area contributed by atoms with Crippen LogP contribution in [0.25, 0.3) is 0 Å². The monoisotopic (exact) mass is 463 g/mol. The van der Waals surface area contributed by atoms with Gasteiger partial charge in [-0.3, -0.25) is 9.78 Å². The van der Waals surface area contributed by atoms with Gasteiger partial charge in [-0.25, -0.2) is 4.68 Å². The minimum absolute atomic E-state index is 0.0398. The molecule has 168 valence electrons. The van der Waals surface area contributed by atoms with Gasteiger partial charge >= 0.3 is 6.18 Å². The predicted molar refractivity (Wildman–Crippen MR) is 115 cm³/mol. The second-order valence-corrected chi connectivity index (χ2v) is 8.14. The number of aromatic nitrogens is 3. The number of amides is 1. The molecule has 6 nitrogen and oxygen atoms in total. The van der Waals surface area contributed by atoms with Crippen LogP contribution >= 0.6 is 11.6 Å². The number of rotatable bonds is 5. The average molecular weight is 464 g/mol. The number of hydrogen-bond acceptors (Lipinski definition) is 4. The van der Waals surface area contributed by atoms with Crippen LogP contribution in [0.1, 0.15) is 40.3 Å². The number of fused-ring (bicyclic) bond motifs is 1. The van der Waals surface area contributed by atoms with Gasteiger partial charge < -0.3 is 10.2 Å². The van der Waals surface area contributed by atoms with Crippen molar-refractivity contribution in [3.05, 3.63) is 76.7 Å². The number of hydrogen-bond donors (Lipinski definition) is 1. The molecule has 2 aromatic heterocycles. The second kappa shape index (κ2) is 8.82. The van der Waals surface area contributed by atoms with Gasteiger partial charge in [0.25, 0.3) is 5.91 Å². The number of nitrogens with zero attached hydrogens (tertiary/aromatic N) is 4. The summed E-state index contributed by atoms with van der Waals surface area (Å²) >= 11 is 5.90. The minimum Gasteiger partial charge on any atom is -0.363 e. The lowest BCUT2D eigenvalue weighted by molar-refractivity contribution is -0.173. The molecular formula is C22H21ClF3N5O. The molecular weight excluding hydrogens is 443 g/mol. The van der Waals surface area contributed by atoms with Crippen LogP contribution in [0.3, 0.4) is 0 Å². The number of carbonyl (C=O) groups is 1. The van der Waals surface area contributed by atoms with E-state index in [-0.39, 0.29) is 17.9 Å². The Labute approximate surface area is 188 Å². The molecule has 1 aromatic carbocycles. The normalized spacial score (nSPS) is 18.0. The second-order valence-electron chi connectivity index (χ2n) is 7.70. The molecule has 32 heavy (non-hydrogen) atoms. The third kappa shape index (κ3) is 4.72. The summed E-state index contributed by atoms with van der Waals surface area (Å²) in [5.74, 6) is -0.298. The lowest BCUT2D eigenvalue weighted by Gasteiger charge is -2.33. The molecule has 0 aliphatic carbocycles. The molecule has 0 saturated heterocycles. The first-order valence-electron chi connectivity index (χ1n) is 10.1. The first kappa shape index (κ1) is 22.1. The Hall–Kier alpha value is -3.07. The third-order valence-electron chi connectivity index (χ3n) is 5.46. The Morgan fingerprint density at radius 3 is 2.66 bits per heavy atom. The number of nitrogens with one attached hydrogen (secondary N) is 1. The topological polar surface area (TPSA) is 63.1 Å². The highest BCUT2D eigenvalue weighted by Gasteiger charge is 2.46. The van der Waals surface area contributed by atoms with Gasteiger partial charge in [0.15, 0.2) is 11.7 Å². The summed E-state index contributed by atoms with van der Waals surface area (Å²) in [7, 11) is 1.59. The Kier molecular flexibility index (Phi) is 6.10. The van der Waals surface area contributed by atoms with Crippen molar-refractivity contribution in [1.29, 1.82) is 0 Å².